The van der Waals surface area contributed by atoms with Crippen molar-refractivity contribution in [2.45, 2.75) is 24.3 Å². The highest BCUT2D eigenvalue weighted by molar-refractivity contribution is 7.92. The van der Waals surface area contributed by atoms with Crippen LogP contribution in [0.4, 0.5) is 0 Å². The molecule has 1 N–H and O–H groups in total. The minimum Gasteiger partial charge on any atom is -0.480 e. The van der Waals surface area contributed by atoms with Gasteiger partial charge in [-0.3, -0.25) is 4.79 Å². The number of benzene rings is 1. The summed E-state index contributed by atoms with van der Waals surface area (Å²) >= 11 is 5.84. The van der Waals surface area contributed by atoms with Crippen LogP contribution < -0.4 is 0 Å². The van der Waals surface area contributed by atoms with E-state index in [-0.39, 0.29) is 27.8 Å². The second kappa shape index (κ2) is 6.39. The van der Waals surface area contributed by atoms with Gasteiger partial charge in [0.1, 0.15) is 6.54 Å². The highest BCUT2D eigenvalue weighted by Gasteiger charge is 2.40. The number of sulfone groups is 1. The maximum Gasteiger partial charge on any atom is 0.318 e. The molecule has 0 aromatic heterocycles. The van der Waals surface area contributed by atoms with Gasteiger partial charge in [-0.1, -0.05) is 17.7 Å². The van der Waals surface area contributed by atoms with E-state index in [9.17, 15) is 21.6 Å². The Morgan fingerprint density at radius 3 is 2.61 bits per heavy atom. The normalized spacial score (nSPS) is 20.7. The zero-order valence-corrected chi connectivity index (χ0v) is 14.7. The monoisotopic (exact) mass is 381 g/mol. The van der Waals surface area contributed by atoms with Crippen molar-refractivity contribution in [3.8, 4) is 0 Å². The molecule has 0 bridgehead atoms. The minimum absolute atomic E-state index is 0.0778. The predicted octanol–water partition coefficient (Wildman–Crippen LogP) is 0.911. The van der Waals surface area contributed by atoms with Gasteiger partial charge in [-0.15, -0.1) is 0 Å². The van der Waals surface area contributed by atoms with Crippen molar-refractivity contribution in [1.29, 1.82) is 0 Å². The predicted molar refractivity (Wildman–Crippen MR) is 84.8 cm³/mol. The topological polar surface area (TPSA) is 109 Å². The Hall–Kier alpha value is -1.16. The van der Waals surface area contributed by atoms with Gasteiger partial charge in [0.2, 0.25) is 10.0 Å². The molecule has 1 aliphatic heterocycles. The van der Waals surface area contributed by atoms with Crippen LogP contribution in [0.25, 0.3) is 0 Å². The summed E-state index contributed by atoms with van der Waals surface area (Å²) in [7, 11) is -7.54. The first kappa shape index (κ1) is 18.2. The Kier molecular flexibility index (Phi) is 5.05. The van der Waals surface area contributed by atoms with E-state index < -0.39 is 38.4 Å². The number of aliphatic carboxylic acids is 1. The first-order chi connectivity index (χ1) is 10.5. The van der Waals surface area contributed by atoms with E-state index in [1.165, 1.54) is 18.2 Å². The van der Waals surface area contributed by atoms with Crippen molar-refractivity contribution in [1.82, 2.24) is 4.31 Å². The smallest absolute Gasteiger partial charge is 0.318 e. The van der Waals surface area contributed by atoms with Crippen LogP contribution >= 0.6 is 11.6 Å². The lowest BCUT2D eigenvalue weighted by molar-refractivity contribution is -0.137. The first-order valence-corrected chi connectivity index (χ1v) is 10.4. The third-order valence-electron chi connectivity index (χ3n) is 3.64. The molecule has 1 heterocycles. The lowest BCUT2D eigenvalue weighted by atomic mass is 10.2. The van der Waals surface area contributed by atoms with Crippen LogP contribution in [0.1, 0.15) is 12.0 Å². The van der Waals surface area contributed by atoms with Crippen LogP contribution in [-0.2, 0) is 24.7 Å². The number of hydrogen-bond acceptors (Lipinski definition) is 5. The van der Waals surface area contributed by atoms with E-state index in [4.69, 9.17) is 16.7 Å². The van der Waals surface area contributed by atoms with E-state index in [0.717, 1.165) is 4.31 Å². The summed E-state index contributed by atoms with van der Waals surface area (Å²) in [5.41, 5.74) is 0.408. The molecule has 128 valence electrons. The zero-order chi connectivity index (χ0) is 17.4. The molecule has 2 rings (SSSR count). The molecule has 7 nitrogen and oxygen atoms in total. The number of sulfonamides is 1. The molecule has 1 fully saturated rings. The van der Waals surface area contributed by atoms with E-state index in [1.54, 1.807) is 6.92 Å². The number of nitrogens with zero attached hydrogens (tertiary/aromatic N) is 1. The maximum absolute atomic E-state index is 12.8. The van der Waals surface area contributed by atoms with Gasteiger partial charge in [-0.25, -0.2) is 16.8 Å². The first-order valence-electron chi connectivity index (χ1n) is 6.73. The molecule has 0 amide bonds. The van der Waals surface area contributed by atoms with Gasteiger partial charge in [0.05, 0.1) is 16.4 Å². The Bertz CT molecular complexity index is 834. The van der Waals surface area contributed by atoms with Gasteiger partial charge in [0, 0.05) is 11.1 Å². The minimum atomic E-state index is -4.18. The summed E-state index contributed by atoms with van der Waals surface area (Å²) in [5, 5.41) is 9.22. The van der Waals surface area contributed by atoms with Crippen molar-refractivity contribution in [3.63, 3.8) is 0 Å². The van der Waals surface area contributed by atoms with E-state index in [1.807, 2.05) is 0 Å². The number of carboxylic acid groups (broad SMARTS) is 1. The highest BCUT2D eigenvalue weighted by Crippen LogP contribution is 2.28. The third-order valence-corrected chi connectivity index (χ3v) is 7.67. The summed E-state index contributed by atoms with van der Waals surface area (Å²) in [6.45, 7) is 0.766. The van der Waals surface area contributed by atoms with Gasteiger partial charge >= 0.3 is 5.97 Å². The van der Waals surface area contributed by atoms with Gasteiger partial charge in [0.15, 0.2) is 9.84 Å². The van der Waals surface area contributed by atoms with Gasteiger partial charge < -0.3 is 5.11 Å². The lowest BCUT2D eigenvalue weighted by Crippen LogP contribution is -2.44. The highest BCUT2D eigenvalue weighted by atomic mass is 35.5. The summed E-state index contributed by atoms with van der Waals surface area (Å²) in [5.74, 6) is -1.88. The Morgan fingerprint density at radius 2 is 2.09 bits per heavy atom. The van der Waals surface area contributed by atoms with Crippen LogP contribution in [0.5, 0.6) is 0 Å². The second-order valence-electron chi connectivity index (χ2n) is 5.41. The second-order valence-corrected chi connectivity index (χ2v) is 9.93. The molecule has 0 aliphatic carbocycles. The van der Waals surface area contributed by atoms with Crippen molar-refractivity contribution in [3.05, 3.63) is 28.8 Å². The van der Waals surface area contributed by atoms with Gasteiger partial charge in [0.25, 0.3) is 0 Å². The summed E-state index contributed by atoms with van der Waals surface area (Å²) in [6.07, 6.45) is 0.0778. The van der Waals surface area contributed by atoms with Crippen LogP contribution in [-0.4, -0.2) is 56.3 Å². The summed E-state index contributed by atoms with van der Waals surface area (Å²) in [4.78, 5) is 11.0. The van der Waals surface area contributed by atoms with Crippen LogP contribution in [0.15, 0.2) is 23.1 Å². The van der Waals surface area contributed by atoms with Crippen LogP contribution in [0, 0.1) is 6.92 Å². The average molecular weight is 382 g/mol. The Balaban J connectivity index is 2.49. The fourth-order valence-electron chi connectivity index (χ4n) is 2.52. The third kappa shape index (κ3) is 4.03. The number of carboxylic acids is 1. The van der Waals surface area contributed by atoms with Crippen molar-refractivity contribution in [2.24, 2.45) is 0 Å². The molecule has 0 saturated carbocycles. The largest absolute Gasteiger partial charge is 0.480 e. The Labute approximate surface area is 139 Å². The molecule has 0 spiro atoms. The van der Waals surface area contributed by atoms with Gasteiger partial charge in [-0.2, -0.15) is 4.31 Å². The molecule has 0 unspecified atom stereocenters. The van der Waals surface area contributed by atoms with Crippen LogP contribution in [0.3, 0.4) is 0 Å². The maximum atomic E-state index is 12.8. The van der Waals surface area contributed by atoms with Crippen molar-refractivity contribution in [2.75, 3.05) is 18.1 Å². The molecule has 10 heteroatoms. The zero-order valence-electron chi connectivity index (χ0n) is 12.3. The lowest BCUT2D eigenvalue weighted by Gasteiger charge is -2.26. The molecule has 1 aromatic rings. The molecule has 1 aromatic carbocycles. The average Bonchev–Trinajstić information content (AvgIpc) is 2.78. The number of hydrogen-bond donors (Lipinski definition) is 1. The molecular weight excluding hydrogens is 366 g/mol. The Morgan fingerprint density at radius 1 is 1.43 bits per heavy atom. The van der Waals surface area contributed by atoms with Crippen molar-refractivity contribution >= 4 is 37.4 Å². The van der Waals surface area contributed by atoms with Crippen molar-refractivity contribution < 1.29 is 26.7 Å². The fraction of sp³-hybridized carbons (Fsp3) is 0.462. The molecule has 1 atom stereocenters. The quantitative estimate of drug-likeness (QED) is 0.812. The molecule has 1 saturated heterocycles. The number of rotatable bonds is 5. The number of halogens is 1. The van der Waals surface area contributed by atoms with Crippen LogP contribution in [0.2, 0.25) is 5.02 Å². The SMILES string of the molecule is Cc1ccc(Cl)cc1S(=O)(=O)N(CC(=O)O)[C@@H]1CCS(=O)(=O)C1. The summed E-state index contributed by atoms with van der Waals surface area (Å²) < 4.78 is 49.7. The van der Waals surface area contributed by atoms with E-state index in [2.05, 4.69) is 0 Å². The molecule has 23 heavy (non-hydrogen) atoms. The summed E-state index contributed by atoms with van der Waals surface area (Å²) in [6, 6.07) is 3.39. The van der Waals surface area contributed by atoms with E-state index >= 15 is 0 Å². The molecule has 0 radical (unpaired) electrons. The molecular formula is C13H16ClNO6S2. The fourth-order valence-corrected chi connectivity index (χ4v) is 6.44. The molecule has 1 aliphatic rings. The van der Waals surface area contributed by atoms with Gasteiger partial charge in [-0.05, 0) is 31.0 Å². The number of aryl methyl sites for hydroxylation is 1. The standard InChI is InChI=1S/C13H16ClNO6S2/c1-9-2-3-10(14)6-12(9)23(20,21)15(7-13(16)17)11-4-5-22(18,19)8-11/h2-3,6,11H,4-5,7-8H2,1H3,(H,16,17)/t11-/m1/s1. The number of carbonyl (C=O) groups is 1. The van der Waals surface area contributed by atoms with E-state index in [0.29, 0.717) is 5.56 Å².